The highest BCUT2D eigenvalue weighted by Crippen LogP contribution is 2.09. The van der Waals surface area contributed by atoms with Crippen LogP contribution in [0.25, 0.3) is 0 Å². The Bertz CT molecular complexity index is 68.1. The average molecular weight is 211 g/mol. The van der Waals surface area contributed by atoms with Crippen molar-refractivity contribution >= 4 is 34.2 Å². The van der Waals surface area contributed by atoms with Crippen molar-refractivity contribution in [2.24, 2.45) is 0 Å². The second kappa shape index (κ2) is 5.61. The lowest BCUT2D eigenvalue weighted by Crippen LogP contribution is -2.17. The second-order valence-corrected chi connectivity index (χ2v) is 3.94. The second-order valence-electron chi connectivity index (χ2n) is 2.59. The van der Waals surface area contributed by atoms with Crippen LogP contribution in [-0.2, 0) is 0 Å². The van der Waals surface area contributed by atoms with Gasteiger partial charge in [-0.2, -0.15) is 0 Å². The topological polar surface area (TPSA) is 0 Å². The molecule has 0 rings (SSSR count). The molecular formula is C6H13BBrCl. The number of hydrogen-bond donors (Lipinski definition) is 0. The summed E-state index contributed by atoms with van der Waals surface area (Å²) in [6, 6.07) is 0. The van der Waals surface area contributed by atoms with Crippen molar-refractivity contribution in [2.75, 3.05) is 5.33 Å². The van der Waals surface area contributed by atoms with Gasteiger partial charge in [-0.25, -0.2) is 0 Å². The number of hydrogen-bond acceptors (Lipinski definition) is 0. The van der Waals surface area contributed by atoms with Crippen LogP contribution in [0.15, 0.2) is 0 Å². The summed E-state index contributed by atoms with van der Waals surface area (Å²) in [6.45, 7) is 4.93. The predicted molar refractivity (Wildman–Crippen MR) is 50.2 cm³/mol. The van der Waals surface area contributed by atoms with Crippen molar-refractivity contribution < 1.29 is 0 Å². The third-order valence-electron chi connectivity index (χ3n) is 1.34. The molecule has 0 saturated carbocycles. The summed E-state index contributed by atoms with van der Waals surface area (Å²) in [7, 11) is 0. The molecule has 0 aliphatic heterocycles. The first kappa shape index (κ1) is 9.83. The Morgan fingerprint density at radius 3 is 2.44 bits per heavy atom. The highest BCUT2D eigenvalue weighted by Gasteiger charge is 2.10. The van der Waals surface area contributed by atoms with E-state index in [0.717, 1.165) is 11.8 Å². The van der Waals surface area contributed by atoms with Gasteiger partial charge in [-0.05, 0) is 12.8 Å². The predicted octanol–water partition coefficient (Wildman–Crippen LogP) is 3.06. The minimum Gasteiger partial charge on any atom is -0.132 e. The molecule has 0 saturated heterocycles. The van der Waals surface area contributed by atoms with Crippen LogP contribution in [0.3, 0.4) is 0 Å². The molecule has 0 N–H and O–H groups in total. The van der Waals surface area contributed by atoms with Crippen LogP contribution in [0.4, 0.5) is 0 Å². The molecule has 54 valence electrons. The van der Waals surface area contributed by atoms with Crippen molar-refractivity contribution in [3.63, 3.8) is 0 Å². The van der Waals surface area contributed by atoms with Gasteiger partial charge < -0.3 is 0 Å². The minimum atomic E-state index is 0.363. The monoisotopic (exact) mass is 210 g/mol. The van der Waals surface area contributed by atoms with Crippen molar-refractivity contribution in [1.29, 1.82) is 0 Å². The zero-order valence-electron chi connectivity index (χ0n) is 6.03. The molecule has 0 aromatic heterocycles. The van der Waals surface area contributed by atoms with E-state index in [0.29, 0.717) is 12.0 Å². The summed E-state index contributed by atoms with van der Waals surface area (Å²) in [4.78, 5) is 0. The van der Waals surface area contributed by atoms with Gasteiger partial charge in [0.15, 0.2) is 6.71 Å². The molecule has 0 aliphatic carbocycles. The summed E-state index contributed by atoms with van der Waals surface area (Å²) in [5, 5.41) is 1.44. The normalized spacial score (nSPS) is 13.3. The maximum Gasteiger partial charge on any atom is 0.155 e. The molecule has 0 bridgehead atoms. The van der Waals surface area contributed by atoms with Crippen LogP contribution in [0, 0.1) is 0 Å². The van der Waals surface area contributed by atoms with Gasteiger partial charge in [0.2, 0.25) is 0 Å². The number of alkyl halides is 2. The summed E-state index contributed by atoms with van der Waals surface area (Å²) >= 11 is 9.34. The zero-order chi connectivity index (χ0) is 7.28. The molecule has 3 heteroatoms. The van der Waals surface area contributed by atoms with Gasteiger partial charge in [0.05, 0.1) is 0 Å². The van der Waals surface area contributed by atoms with Gasteiger partial charge in [-0.15, -0.1) is 11.6 Å². The van der Waals surface area contributed by atoms with Gasteiger partial charge in [0, 0.05) is 10.6 Å². The minimum absolute atomic E-state index is 0.363. The smallest absolute Gasteiger partial charge is 0.132 e. The van der Waals surface area contributed by atoms with E-state index in [9.17, 15) is 0 Å². The van der Waals surface area contributed by atoms with Crippen molar-refractivity contribution in [1.82, 2.24) is 0 Å². The SMILES string of the molecule is CB(C)C(Cl)CCCBr. The van der Waals surface area contributed by atoms with E-state index < -0.39 is 0 Å². The molecule has 0 heterocycles. The molecular weight excluding hydrogens is 198 g/mol. The van der Waals surface area contributed by atoms with Gasteiger partial charge in [-0.3, -0.25) is 0 Å². The van der Waals surface area contributed by atoms with E-state index in [1.54, 1.807) is 0 Å². The van der Waals surface area contributed by atoms with E-state index in [1.165, 1.54) is 6.42 Å². The van der Waals surface area contributed by atoms with Crippen molar-refractivity contribution in [2.45, 2.75) is 31.8 Å². The molecule has 0 aromatic rings. The van der Waals surface area contributed by atoms with Gasteiger partial charge >= 0.3 is 0 Å². The molecule has 1 unspecified atom stereocenters. The lowest BCUT2D eigenvalue weighted by atomic mass is 9.51. The Kier molecular flexibility index (Phi) is 6.13. The fourth-order valence-electron chi connectivity index (χ4n) is 0.605. The van der Waals surface area contributed by atoms with E-state index in [-0.39, 0.29) is 0 Å². The van der Waals surface area contributed by atoms with E-state index >= 15 is 0 Å². The first-order valence-corrected chi connectivity index (χ1v) is 4.94. The first-order valence-electron chi connectivity index (χ1n) is 3.38. The third-order valence-corrected chi connectivity index (χ3v) is 2.62. The molecule has 0 nitrogen and oxygen atoms in total. The number of halogens is 2. The van der Waals surface area contributed by atoms with Crippen LogP contribution in [0.2, 0.25) is 13.6 Å². The molecule has 0 aromatic carbocycles. The Balaban J connectivity index is 3.16. The Hall–Kier alpha value is 0.835. The number of rotatable bonds is 4. The molecule has 9 heavy (non-hydrogen) atoms. The Morgan fingerprint density at radius 2 is 2.11 bits per heavy atom. The lowest BCUT2D eigenvalue weighted by molar-refractivity contribution is 0.863. The third kappa shape index (κ3) is 5.29. The maximum absolute atomic E-state index is 5.97. The largest absolute Gasteiger partial charge is 0.155 e. The van der Waals surface area contributed by atoms with E-state index in [4.69, 9.17) is 11.6 Å². The summed E-state index contributed by atoms with van der Waals surface area (Å²) in [5.74, 6) is 0. The summed E-state index contributed by atoms with van der Waals surface area (Å²) in [5.41, 5.74) is 0. The maximum atomic E-state index is 5.97. The Morgan fingerprint density at radius 1 is 1.56 bits per heavy atom. The Labute approximate surface area is 71.6 Å². The zero-order valence-corrected chi connectivity index (χ0v) is 8.37. The van der Waals surface area contributed by atoms with Crippen LogP contribution < -0.4 is 0 Å². The molecule has 1 atom stereocenters. The van der Waals surface area contributed by atoms with Gasteiger partial charge in [-0.1, -0.05) is 29.6 Å². The molecule has 0 radical (unpaired) electrons. The lowest BCUT2D eigenvalue weighted by Gasteiger charge is -2.08. The summed E-state index contributed by atoms with van der Waals surface area (Å²) in [6.07, 6.45) is 2.32. The molecule has 0 fully saturated rings. The summed E-state index contributed by atoms with van der Waals surface area (Å²) < 4.78 is 0. The van der Waals surface area contributed by atoms with Crippen molar-refractivity contribution in [3.8, 4) is 0 Å². The van der Waals surface area contributed by atoms with E-state index in [2.05, 4.69) is 29.6 Å². The molecule has 0 spiro atoms. The molecule has 0 amide bonds. The highest BCUT2D eigenvalue weighted by molar-refractivity contribution is 9.09. The highest BCUT2D eigenvalue weighted by atomic mass is 79.9. The molecule has 0 aliphatic rings. The fraction of sp³-hybridized carbons (Fsp3) is 1.00. The van der Waals surface area contributed by atoms with Crippen LogP contribution >= 0.6 is 27.5 Å². The van der Waals surface area contributed by atoms with E-state index in [1.807, 2.05) is 0 Å². The van der Waals surface area contributed by atoms with Gasteiger partial charge in [0.1, 0.15) is 0 Å². The fourth-order valence-corrected chi connectivity index (χ4v) is 1.08. The van der Waals surface area contributed by atoms with Crippen molar-refractivity contribution in [3.05, 3.63) is 0 Å². The quantitative estimate of drug-likeness (QED) is 0.495. The standard InChI is InChI=1S/C6H13BBrCl/c1-7(2)6(9)4-3-5-8/h6H,3-5H2,1-2H3. The average Bonchev–Trinajstić information content (AvgIpc) is 1.82. The van der Waals surface area contributed by atoms with Crippen LogP contribution in [0.5, 0.6) is 0 Å². The van der Waals surface area contributed by atoms with Crippen LogP contribution in [0.1, 0.15) is 12.8 Å². The van der Waals surface area contributed by atoms with Crippen LogP contribution in [-0.4, -0.2) is 17.3 Å². The van der Waals surface area contributed by atoms with Gasteiger partial charge in [0.25, 0.3) is 0 Å². The first-order chi connectivity index (χ1) is 4.18.